The summed E-state index contributed by atoms with van der Waals surface area (Å²) in [4.78, 5) is 25.8. The maximum absolute atomic E-state index is 12.0. The lowest BCUT2D eigenvalue weighted by Crippen LogP contribution is -2.34. The average molecular weight is 274 g/mol. The van der Waals surface area contributed by atoms with Crippen LogP contribution in [0.5, 0.6) is 0 Å². The monoisotopic (exact) mass is 274 g/mol. The Morgan fingerprint density at radius 3 is 2.70 bits per heavy atom. The number of benzene rings is 1. The predicted molar refractivity (Wildman–Crippen MR) is 77.8 cm³/mol. The molecule has 1 aliphatic rings. The molecular weight excluding hydrogens is 252 g/mol. The van der Waals surface area contributed by atoms with Crippen LogP contribution in [-0.2, 0) is 16.1 Å². The number of hydrogen-bond donors (Lipinski definition) is 1. The zero-order chi connectivity index (χ0) is 14.5. The number of nitrogens with one attached hydrogen (secondary N) is 1. The molecule has 0 aromatic heterocycles. The first-order valence-corrected chi connectivity index (χ1v) is 7.15. The van der Waals surface area contributed by atoms with E-state index in [1.54, 1.807) is 4.90 Å². The Balaban J connectivity index is 1.89. The van der Waals surface area contributed by atoms with E-state index in [1.165, 1.54) is 0 Å². The van der Waals surface area contributed by atoms with Gasteiger partial charge in [-0.05, 0) is 11.5 Å². The topological polar surface area (TPSA) is 49.4 Å². The van der Waals surface area contributed by atoms with E-state index in [9.17, 15) is 9.59 Å². The fraction of sp³-hybridized carbons (Fsp3) is 0.500. The van der Waals surface area contributed by atoms with Crippen LogP contribution in [0.1, 0.15) is 25.8 Å². The minimum absolute atomic E-state index is 0.00242. The van der Waals surface area contributed by atoms with Crippen molar-refractivity contribution >= 4 is 11.8 Å². The van der Waals surface area contributed by atoms with Crippen LogP contribution >= 0.6 is 0 Å². The Morgan fingerprint density at radius 2 is 2.05 bits per heavy atom. The smallest absolute Gasteiger partial charge is 0.225 e. The highest BCUT2D eigenvalue weighted by Gasteiger charge is 2.33. The van der Waals surface area contributed by atoms with Gasteiger partial charge in [-0.3, -0.25) is 9.59 Å². The first-order chi connectivity index (χ1) is 9.56. The van der Waals surface area contributed by atoms with Crippen LogP contribution in [0.15, 0.2) is 30.3 Å². The second-order valence-corrected chi connectivity index (χ2v) is 5.80. The molecule has 1 aromatic carbocycles. The quantitative estimate of drug-likeness (QED) is 0.890. The van der Waals surface area contributed by atoms with Gasteiger partial charge >= 0.3 is 0 Å². The van der Waals surface area contributed by atoms with E-state index < -0.39 is 0 Å². The number of amides is 2. The van der Waals surface area contributed by atoms with Crippen LogP contribution < -0.4 is 5.32 Å². The van der Waals surface area contributed by atoms with Crippen LogP contribution in [0.25, 0.3) is 0 Å². The van der Waals surface area contributed by atoms with Crippen molar-refractivity contribution in [2.75, 3.05) is 13.1 Å². The van der Waals surface area contributed by atoms with Gasteiger partial charge in [0.05, 0.1) is 5.92 Å². The molecule has 1 atom stereocenters. The number of carbonyl (C=O) groups excluding carboxylic acids is 2. The average Bonchev–Trinajstić information content (AvgIpc) is 2.79. The molecule has 1 heterocycles. The van der Waals surface area contributed by atoms with Crippen molar-refractivity contribution in [2.45, 2.75) is 26.8 Å². The van der Waals surface area contributed by atoms with Crippen molar-refractivity contribution in [3.05, 3.63) is 35.9 Å². The number of carbonyl (C=O) groups is 2. The molecule has 0 spiro atoms. The molecule has 0 radical (unpaired) electrons. The molecule has 1 aromatic rings. The fourth-order valence-corrected chi connectivity index (χ4v) is 2.35. The molecule has 1 aliphatic heterocycles. The molecule has 0 bridgehead atoms. The van der Waals surface area contributed by atoms with Gasteiger partial charge in [0.15, 0.2) is 0 Å². The Labute approximate surface area is 120 Å². The molecule has 108 valence electrons. The van der Waals surface area contributed by atoms with Gasteiger partial charge in [-0.25, -0.2) is 0 Å². The molecule has 4 heteroatoms. The first-order valence-electron chi connectivity index (χ1n) is 7.15. The highest BCUT2D eigenvalue weighted by molar-refractivity contribution is 5.89. The lowest BCUT2D eigenvalue weighted by atomic mass is 10.1. The summed E-state index contributed by atoms with van der Waals surface area (Å²) in [5.41, 5.74) is 1.10. The molecule has 4 nitrogen and oxygen atoms in total. The van der Waals surface area contributed by atoms with Crippen LogP contribution in [0.2, 0.25) is 0 Å². The summed E-state index contributed by atoms with van der Waals surface area (Å²) in [6, 6.07) is 9.88. The second-order valence-electron chi connectivity index (χ2n) is 5.80. The normalized spacial score (nSPS) is 18.6. The maximum Gasteiger partial charge on any atom is 0.225 e. The molecule has 1 unspecified atom stereocenters. The minimum atomic E-state index is -0.204. The van der Waals surface area contributed by atoms with Gasteiger partial charge in [0.1, 0.15) is 0 Å². The van der Waals surface area contributed by atoms with Gasteiger partial charge in [-0.2, -0.15) is 0 Å². The highest BCUT2D eigenvalue weighted by atomic mass is 16.2. The summed E-state index contributed by atoms with van der Waals surface area (Å²) in [7, 11) is 0. The summed E-state index contributed by atoms with van der Waals surface area (Å²) in [6.07, 6.45) is 0.330. The van der Waals surface area contributed by atoms with Crippen molar-refractivity contribution in [2.24, 2.45) is 11.8 Å². The SMILES string of the molecule is CC(C)CNC(=O)C1CC(=O)N(Cc2ccccc2)C1. The predicted octanol–water partition coefficient (Wildman–Crippen LogP) is 1.81. The zero-order valence-corrected chi connectivity index (χ0v) is 12.1. The van der Waals surface area contributed by atoms with Gasteiger partial charge in [-0.15, -0.1) is 0 Å². The molecule has 1 fully saturated rings. The highest BCUT2D eigenvalue weighted by Crippen LogP contribution is 2.20. The summed E-state index contributed by atoms with van der Waals surface area (Å²) < 4.78 is 0. The number of rotatable bonds is 5. The van der Waals surface area contributed by atoms with Crippen molar-refractivity contribution in [3.8, 4) is 0 Å². The van der Waals surface area contributed by atoms with E-state index in [0.29, 0.717) is 32.0 Å². The largest absolute Gasteiger partial charge is 0.356 e. The second kappa shape index (κ2) is 6.55. The Kier molecular flexibility index (Phi) is 4.77. The summed E-state index contributed by atoms with van der Waals surface area (Å²) in [5, 5.41) is 2.91. The Hall–Kier alpha value is -1.84. The number of nitrogens with zero attached hydrogens (tertiary/aromatic N) is 1. The lowest BCUT2D eigenvalue weighted by Gasteiger charge is -2.17. The third kappa shape index (κ3) is 3.83. The van der Waals surface area contributed by atoms with Crippen LogP contribution in [0.4, 0.5) is 0 Å². The molecule has 1 N–H and O–H groups in total. The third-order valence-electron chi connectivity index (χ3n) is 3.49. The van der Waals surface area contributed by atoms with E-state index in [0.717, 1.165) is 5.56 Å². The van der Waals surface area contributed by atoms with Crippen molar-refractivity contribution in [3.63, 3.8) is 0 Å². The van der Waals surface area contributed by atoms with Crippen LogP contribution in [0, 0.1) is 11.8 Å². The van der Waals surface area contributed by atoms with E-state index in [-0.39, 0.29) is 17.7 Å². The lowest BCUT2D eigenvalue weighted by molar-refractivity contribution is -0.129. The van der Waals surface area contributed by atoms with Gasteiger partial charge in [-0.1, -0.05) is 44.2 Å². The van der Waals surface area contributed by atoms with Crippen molar-refractivity contribution in [1.82, 2.24) is 10.2 Å². The Morgan fingerprint density at radius 1 is 1.35 bits per heavy atom. The number of hydrogen-bond acceptors (Lipinski definition) is 2. The zero-order valence-electron chi connectivity index (χ0n) is 12.1. The molecular formula is C16H22N2O2. The van der Waals surface area contributed by atoms with Crippen LogP contribution in [0.3, 0.4) is 0 Å². The van der Waals surface area contributed by atoms with Gasteiger partial charge < -0.3 is 10.2 Å². The van der Waals surface area contributed by atoms with Crippen LogP contribution in [-0.4, -0.2) is 29.8 Å². The van der Waals surface area contributed by atoms with E-state index >= 15 is 0 Å². The standard InChI is InChI=1S/C16H22N2O2/c1-12(2)9-17-16(20)14-8-15(19)18(11-14)10-13-6-4-3-5-7-13/h3-7,12,14H,8-11H2,1-2H3,(H,17,20). The van der Waals surface area contributed by atoms with E-state index in [1.807, 2.05) is 30.3 Å². The third-order valence-corrected chi connectivity index (χ3v) is 3.49. The molecule has 2 amide bonds. The number of likely N-dealkylation sites (tertiary alicyclic amines) is 1. The molecule has 0 aliphatic carbocycles. The fourth-order valence-electron chi connectivity index (χ4n) is 2.35. The van der Waals surface area contributed by atoms with E-state index in [2.05, 4.69) is 19.2 Å². The minimum Gasteiger partial charge on any atom is -0.356 e. The summed E-state index contributed by atoms with van der Waals surface area (Å²) in [5.74, 6) is 0.294. The summed E-state index contributed by atoms with van der Waals surface area (Å²) >= 11 is 0. The van der Waals surface area contributed by atoms with E-state index in [4.69, 9.17) is 0 Å². The van der Waals surface area contributed by atoms with Gasteiger partial charge in [0.25, 0.3) is 0 Å². The first kappa shape index (κ1) is 14.6. The maximum atomic E-state index is 12.0. The molecule has 0 saturated carbocycles. The van der Waals surface area contributed by atoms with Gasteiger partial charge in [0, 0.05) is 26.1 Å². The van der Waals surface area contributed by atoms with Gasteiger partial charge in [0.2, 0.25) is 11.8 Å². The molecule has 2 rings (SSSR count). The summed E-state index contributed by atoms with van der Waals surface area (Å²) in [6.45, 7) is 5.90. The van der Waals surface area contributed by atoms with Crippen molar-refractivity contribution in [1.29, 1.82) is 0 Å². The van der Waals surface area contributed by atoms with Crippen molar-refractivity contribution < 1.29 is 9.59 Å². The molecule has 1 saturated heterocycles. The molecule has 20 heavy (non-hydrogen) atoms. The Bertz CT molecular complexity index is 471.